The fourth-order valence-electron chi connectivity index (χ4n) is 3.01. The molecule has 0 saturated carbocycles. The first kappa shape index (κ1) is 19.7. The highest BCUT2D eigenvalue weighted by molar-refractivity contribution is 8.26. The number of carbonyl (C=O) groups is 1. The topological polar surface area (TPSA) is 96.0 Å². The van der Waals surface area contributed by atoms with Gasteiger partial charge in [0.1, 0.15) is 5.75 Å². The third-order valence-corrected chi connectivity index (χ3v) is 5.73. The number of aromatic hydroxyl groups is 1. The number of hydrogen-bond acceptors (Lipinski definition) is 7. The van der Waals surface area contributed by atoms with Gasteiger partial charge < -0.3 is 5.11 Å². The van der Waals surface area contributed by atoms with E-state index in [-0.39, 0.29) is 20.7 Å². The zero-order valence-electron chi connectivity index (χ0n) is 15.3. The van der Waals surface area contributed by atoms with Crippen molar-refractivity contribution in [2.24, 2.45) is 5.10 Å². The smallest absolute Gasteiger partial charge is 0.286 e. The largest absolute Gasteiger partial charge is 0.507 e. The van der Waals surface area contributed by atoms with E-state index >= 15 is 0 Å². The Morgan fingerprint density at radius 3 is 2.63 bits per heavy atom. The van der Waals surface area contributed by atoms with Crippen LogP contribution >= 0.6 is 24.0 Å². The molecule has 0 unspecified atom stereocenters. The van der Waals surface area contributed by atoms with Crippen LogP contribution in [0.3, 0.4) is 0 Å². The summed E-state index contributed by atoms with van der Waals surface area (Å²) in [5.74, 6) is -0.461. The molecule has 30 heavy (non-hydrogen) atoms. The highest BCUT2D eigenvalue weighted by Gasteiger charge is 2.32. The first-order valence-electron chi connectivity index (χ1n) is 8.72. The summed E-state index contributed by atoms with van der Waals surface area (Å²) < 4.78 is 0.195. The number of nitrogens with zero attached hydrogens (tertiary/aromatic N) is 3. The molecule has 0 spiro atoms. The van der Waals surface area contributed by atoms with Crippen LogP contribution in [0.1, 0.15) is 11.1 Å². The molecule has 7 nitrogen and oxygen atoms in total. The molecule has 0 aliphatic carbocycles. The maximum Gasteiger partial charge on any atom is 0.286 e. The maximum absolute atomic E-state index is 12.8. The molecule has 1 N–H and O–H groups in total. The van der Waals surface area contributed by atoms with Gasteiger partial charge in [0.2, 0.25) is 0 Å². The normalized spacial score (nSPS) is 15.6. The second-order valence-electron chi connectivity index (χ2n) is 6.27. The Morgan fingerprint density at radius 2 is 1.83 bits per heavy atom. The van der Waals surface area contributed by atoms with Crippen molar-refractivity contribution in [1.82, 2.24) is 5.01 Å². The molecular weight excluding hydrogens is 422 g/mol. The van der Waals surface area contributed by atoms with Crippen molar-refractivity contribution >= 4 is 63.0 Å². The van der Waals surface area contributed by atoms with Crippen LogP contribution in [0.25, 0.3) is 16.8 Å². The number of phenolic OH excluding ortho intramolecular Hbond substituents is 1. The Balaban J connectivity index is 1.67. The minimum atomic E-state index is -0.506. The van der Waals surface area contributed by atoms with Gasteiger partial charge in [0.05, 0.1) is 21.6 Å². The number of phenols is 1. The molecule has 3 aromatic carbocycles. The second kappa shape index (κ2) is 8.05. The highest BCUT2D eigenvalue weighted by atomic mass is 32.2. The third-order valence-electron chi connectivity index (χ3n) is 4.44. The van der Waals surface area contributed by atoms with E-state index in [1.54, 1.807) is 30.3 Å². The molecule has 1 aliphatic heterocycles. The third kappa shape index (κ3) is 3.68. The number of para-hydroxylation sites is 1. The van der Waals surface area contributed by atoms with Crippen LogP contribution in [0.15, 0.2) is 70.7 Å². The molecule has 0 atom stereocenters. The predicted molar refractivity (Wildman–Crippen MR) is 121 cm³/mol. The molecule has 0 bridgehead atoms. The van der Waals surface area contributed by atoms with Crippen molar-refractivity contribution in [2.75, 3.05) is 0 Å². The van der Waals surface area contributed by atoms with Crippen molar-refractivity contribution in [3.8, 4) is 5.75 Å². The molecule has 1 saturated heterocycles. The summed E-state index contributed by atoms with van der Waals surface area (Å²) in [6.45, 7) is 0. The van der Waals surface area contributed by atoms with Crippen LogP contribution in [0.4, 0.5) is 5.69 Å². The molecule has 3 aromatic rings. The van der Waals surface area contributed by atoms with Gasteiger partial charge in [-0.05, 0) is 41.2 Å². The Hall–Kier alpha value is -3.56. The Bertz CT molecular complexity index is 1270. The lowest BCUT2D eigenvalue weighted by molar-refractivity contribution is -0.385. The number of fused-ring (bicyclic) bond motifs is 1. The second-order valence-corrected chi connectivity index (χ2v) is 7.95. The quantitative estimate of drug-likeness (QED) is 0.210. The van der Waals surface area contributed by atoms with Crippen LogP contribution in [-0.4, -0.2) is 31.5 Å². The molecule has 4 rings (SSSR count). The van der Waals surface area contributed by atoms with Crippen molar-refractivity contribution in [2.45, 2.75) is 0 Å². The zero-order chi connectivity index (χ0) is 21.3. The average Bonchev–Trinajstić information content (AvgIpc) is 3.00. The fourth-order valence-corrected chi connectivity index (χ4v) is 4.18. The lowest BCUT2D eigenvalue weighted by Gasteiger charge is -2.08. The number of carbonyl (C=O) groups excluding carboxylic acids is 1. The van der Waals surface area contributed by atoms with Gasteiger partial charge in [0.25, 0.3) is 11.6 Å². The summed E-state index contributed by atoms with van der Waals surface area (Å²) in [6, 6.07) is 17.0. The number of benzene rings is 3. The SMILES string of the molecule is O=C1C(=Cc2ccccc2[N+](=O)[O-])SC(=S)N1N=Cc1c(O)ccc2ccccc12. The summed E-state index contributed by atoms with van der Waals surface area (Å²) in [6.07, 6.45) is 2.82. The van der Waals surface area contributed by atoms with Crippen molar-refractivity contribution < 1.29 is 14.8 Å². The fraction of sp³-hybridized carbons (Fsp3) is 0. The molecule has 148 valence electrons. The molecule has 1 amide bonds. The predicted octanol–water partition coefficient (Wildman–Crippen LogP) is 4.69. The van der Waals surface area contributed by atoms with E-state index in [4.69, 9.17) is 12.2 Å². The molecular formula is C21H13N3O4S2. The number of amides is 1. The lowest BCUT2D eigenvalue weighted by Crippen LogP contribution is -2.22. The highest BCUT2D eigenvalue weighted by Crippen LogP contribution is 2.34. The number of rotatable bonds is 4. The van der Waals surface area contributed by atoms with E-state index in [0.29, 0.717) is 11.1 Å². The van der Waals surface area contributed by atoms with E-state index in [1.165, 1.54) is 18.4 Å². The van der Waals surface area contributed by atoms with E-state index in [2.05, 4.69) is 5.10 Å². The van der Waals surface area contributed by atoms with E-state index in [9.17, 15) is 20.0 Å². The van der Waals surface area contributed by atoms with Gasteiger partial charge in [-0.25, -0.2) is 0 Å². The number of nitro benzene ring substituents is 1. The summed E-state index contributed by atoms with van der Waals surface area (Å²) >= 11 is 6.27. The van der Waals surface area contributed by atoms with Gasteiger partial charge in [-0.2, -0.15) is 10.1 Å². The molecule has 9 heteroatoms. The number of thioether (sulfide) groups is 1. The van der Waals surface area contributed by atoms with E-state index in [1.807, 2.05) is 24.3 Å². The minimum absolute atomic E-state index is 0.0262. The Kier molecular flexibility index (Phi) is 5.30. The van der Waals surface area contributed by atoms with Crippen molar-refractivity contribution in [1.29, 1.82) is 0 Å². The summed E-state index contributed by atoms with van der Waals surface area (Å²) in [5.41, 5.74) is 0.662. The van der Waals surface area contributed by atoms with Crippen LogP contribution < -0.4 is 0 Å². The summed E-state index contributed by atoms with van der Waals surface area (Å²) in [5, 5.41) is 28.4. The number of hydrogen-bond donors (Lipinski definition) is 1. The Morgan fingerprint density at radius 1 is 1.10 bits per heavy atom. The lowest BCUT2D eigenvalue weighted by atomic mass is 10.0. The first-order valence-corrected chi connectivity index (χ1v) is 9.94. The van der Waals surface area contributed by atoms with Gasteiger partial charge >= 0.3 is 0 Å². The van der Waals surface area contributed by atoms with Crippen LogP contribution in [0.5, 0.6) is 5.75 Å². The van der Waals surface area contributed by atoms with E-state index in [0.717, 1.165) is 27.5 Å². The zero-order valence-corrected chi connectivity index (χ0v) is 16.9. The minimum Gasteiger partial charge on any atom is -0.507 e. The average molecular weight is 435 g/mol. The Labute approximate surface area is 180 Å². The molecule has 0 aromatic heterocycles. The molecule has 1 heterocycles. The molecule has 1 fully saturated rings. The van der Waals surface area contributed by atoms with E-state index < -0.39 is 10.8 Å². The van der Waals surface area contributed by atoms with Gasteiger partial charge in [-0.15, -0.1) is 0 Å². The number of thiocarbonyl (C=S) groups is 1. The maximum atomic E-state index is 12.8. The van der Waals surface area contributed by atoms with Crippen LogP contribution in [0.2, 0.25) is 0 Å². The van der Waals surface area contributed by atoms with Gasteiger partial charge in [-0.1, -0.05) is 54.2 Å². The molecule has 1 aliphatic rings. The van der Waals surface area contributed by atoms with Crippen molar-refractivity contribution in [3.63, 3.8) is 0 Å². The standard InChI is InChI=1S/C21H13N3O4S2/c25-18-10-9-13-5-1-3-7-15(13)16(18)12-22-23-20(26)19(30-21(23)29)11-14-6-2-4-8-17(14)24(27)28/h1-12,25H. The monoisotopic (exact) mass is 435 g/mol. The van der Waals surface area contributed by atoms with Gasteiger partial charge in [0, 0.05) is 11.6 Å². The van der Waals surface area contributed by atoms with Crippen LogP contribution in [-0.2, 0) is 4.79 Å². The van der Waals surface area contributed by atoms with Gasteiger partial charge in [-0.3, -0.25) is 14.9 Å². The van der Waals surface area contributed by atoms with Gasteiger partial charge in [0.15, 0.2) is 4.32 Å². The number of hydrazone groups is 1. The summed E-state index contributed by atoms with van der Waals surface area (Å²) in [4.78, 5) is 23.7. The van der Waals surface area contributed by atoms with Crippen molar-refractivity contribution in [3.05, 3.63) is 86.8 Å². The molecule has 0 radical (unpaired) electrons. The summed E-state index contributed by atoms with van der Waals surface area (Å²) in [7, 11) is 0. The number of nitro groups is 1. The van der Waals surface area contributed by atoms with Crippen LogP contribution in [0, 0.1) is 10.1 Å². The first-order chi connectivity index (χ1) is 14.5.